The van der Waals surface area contributed by atoms with Crippen LogP contribution in [0.4, 0.5) is 5.69 Å². The van der Waals surface area contributed by atoms with Crippen molar-refractivity contribution in [2.45, 2.75) is 19.4 Å². The molecule has 6 heteroatoms. The Morgan fingerprint density at radius 2 is 2.00 bits per heavy atom. The summed E-state index contributed by atoms with van der Waals surface area (Å²) < 4.78 is 6.27. The van der Waals surface area contributed by atoms with Crippen molar-refractivity contribution >= 4 is 21.6 Å². The molecule has 2 rings (SSSR count). The number of benzene rings is 1. The number of rotatable bonds is 6. The molecular formula is C14H15BrN2O3. The fourth-order valence-electron chi connectivity index (χ4n) is 2.02. The average molecular weight is 339 g/mol. The van der Waals surface area contributed by atoms with Crippen LogP contribution in [0.5, 0.6) is 0 Å². The van der Waals surface area contributed by atoms with Gasteiger partial charge in [-0.15, -0.1) is 0 Å². The summed E-state index contributed by atoms with van der Waals surface area (Å²) in [6.45, 7) is 2.84. The normalized spacial score (nSPS) is 12.3. The number of likely N-dealkylation sites (N-methyl/N-ethyl adjacent to an activating group) is 1. The van der Waals surface area contributed by atoms with Gasteiger partial charge in [-0.25, -0.2) is 0 Å². The fraction of sp³-hybridized carbons (Fsp3) is 0.286. The van der Waals surface area contributed by atoms with Gasteiger partial charge in [-0.2, -0.15) is 0 Å². The van der Waals surface area contributed by atoms with Crippen LogP contribution in [-0.2, 0) is 6.42 Å². The Labute approximate surface area is 125 Å². The van der Waals surface area contributed by atoms with Crippen LogP contribution in [0.3, 0.4) is 0 Å². The van der Waals surface area contributed by atoms with Gasteiger partial charge >= 0.3 is 0 Å². The molecule has 20 heavy (non-hydrogen) atoms. The van der Waals surface area contributed by atoms with Gasteiger partial charge in [0.15, 0.2) is 4.67 Å². The van der Waals surface area contributed by atoms with E-state index in [1.165, 1.54) is 12.1 Å². The van der Waals surface area contributed by atoms with Crippen LogP contribution in [0.25, 0.3) is 0 Å². The Bertz CT molecular complexity index is 580. The molecule has 2 aromatic rings. The molecule has 0 saturated carbocycles. The second kappa shape index (κ2) is 6.67. The highest BCUT2D eigenvalue weighted by Gasteiger charge is 2.15. The monoisotopic (exact) mass is 338 g/mol. The van der Waals surface area contributed by atoms with Crippen LogP contribution in [0, 0.1) is 10.1 Å². The minimum absolute atomic E-state index is 0.0488. The molecule has 1 heterocycles. The van der Waals surface area contributed by atoms with E-state index < -0.39 is 4.92 Å². The summed E-state index contributed by atoms with van der Waals surface area (Å²) in [5.41, 5.74) is 1.13. The molecule has 0 aliphatic rings. The van der Waals surface area contributed by atoms with Gasteiger partial charge in [0, 0.05) is 12.1 Å². The van der Waals surface area contributed by atoms with Crippen molar-refractivity contribution in [2.24, 2.45) is 0 Å². The molecule has 0 aliphatic carbocycles. The number of nitrogens with zero attached hydrogens (tertiary/aromatic N) is 1. The molecule has 1 unspecified atom stereocenters. The SMILES string of the molecule is CCNC(Cc1ccc([N+](=O)[O-])cc1)c1ccc(Br)o1. The van der Waals surface area contributed by atoms with Gasteiger partial charge in [-0.1, -0.05) is 19.1 Å². The van der Waals surface area contributed by atoms with Crippen molar-refractivity contribution in [1.29, 1.82) is 0 Å². The standard InChI is InChI=1S/C14H15BrN2O3/c1-2-16-12(13-7-8-14(15)20-13)9-10-3-5-11(6-4-10)17(18)19/h3-8,12,16H,2,9H2,1H3. The van der Waals surface area contributed by atoms with E-state index in [0.29, 0.717) is 11.1 Å². The second-order valence-electron chi connectivity index (χ2n) is 4.38. The van der Waals surface area contributed by atoms with E-state index in [-0.39, 0.29) is 11.7 Å². The number of nitrogens with one attached hydrogen (secondary N) is 1. The van der Waals surface area contributed by atoms with Gasteiger partial charge in [0.1, 0.15) is 5.76 Å². The van der Waals surface area contributed by atoms with Gasteiger partial charge in [0.25, 0.3) is 5.69 Å². The molecule has 0 saturated heterocycles. The van der Waals surface area contributed by atoms with Crippen LogP contribution in [-0.4, -0.2) is 11.5 Å². The maximum absolute atomic E-state index is 10.6. The number of hydrogen-bond donors (Lipinski definition) is 1. The zero-order valence-electron chi connectivity index (χ0n) is 11.0. The Balaban J connectivity index is 2.13. The van der Waals surface area contributed by atoms with E-state index in [0.717, 1.165) is 17.9 Å². The number of non-ortho nitro benzene ring substituents is 1. The molecule has 0 radical (unpaired) electrons. The Morgan fingerprint density at radius 1 is 1.30 bits per heavy atom. The summed E-state index contributed by atoms with van der Waals surface area (Å²) in [4.78, 5) is 10.2. The lowest BCUT2D eigenvalue weighted by Gasteiger charge is -2.15. The Kier molecular flexibility index (Phi) is 4.92. The van der Waals surface area contributed by atoms with E-state index in [4.69, 9.17) is 4.42 Å². The predicted octanol–water partition coefficient (Wildman–Crippen LogP) is 3.84. The molecule has 0 amide bonds. The van der Waals surface area contributed by atoms with Gasteiger partial charge in [-0.05, 0) is 46.6 Å². The van der Waals surface area contributed by atoms with E-state index in [1.807, 2.05) is 19.1 Å². The third-order valence-corrected chi connectivity index (χ3v) is 3.40. The third kappa shape index (κ3) is 3.68. The van der Waals surface area contributed by atoms with Gasteiger partial charge in [-0.3, -0.25) is 10.1 Å². The lowest BCUT2D eigenvalue weighted by atomic mass is 10.0. The Hall–Kier alpha value is -1.66. The van der Waals surface area contributed by atoms with Crippen LogP contribution in [0.1, 0.15) is 24.3 Å². The van der Waals surface area contributed by atoms with Crippen LogP contribution >= 0.6 is 15.9 Å². The molecule has 1 aromatic heterocycles. The van der Waals surface area contributed by atoms with Crippen molar-refractivity contribution in [3.63, 3.8) is 0 Å². The second-order valence-corrected chi connectivity index (χ2v) is 5.16. The molecule has 1 N–H and O–H groups in total. The van der Waals surface area contributed by atoms with Crippen molar-refractivity contribution in [1.82, 2.24) is 5.32 Å². The lowest BCUT2D eigenvalue weighted by molar-refractivity contribution is -0.384. The quantitative estimate of drug-likeness (QED) is 0.641. The smallest absolute Gasteiger partial charge is 0.269 e. The molecule has 1 aromatic carbocycles. The van der Waals surface area contributed by atoms with E-state index in [2.05, 4.69) is 21.2 Å². The van der Waals surface area contributed by atoms with Crippen LogP contribution < -0.4 is 5.32 Å². The molecule has 5 nitrogen and oxygen atoms in total. The summed E-state index contributed by atoms with van der Waals surface area (Å²) in [6, 6.07) is 10.4. The third-order valence-electron chi connectivity index (χ3n) is 2.97. The van der Waals surface area contributed by atoms with Crippen molar-refractivity contribution in [3.05, 3.63) is 62.5 Å². The van der Waals surface area contributed by atoms with Crippen molar-refractivity contribution in [2.75, 3.05) is 6.54 Å². The summed E-state index contributed by atoms with van der Waals surface area (Å²) in [5.74, 6) is 0.845. The van der Waals surface area contributed by atoms with Crippen LogP contribution in [0.15, 0.2) is 45.5 Å². The molecule has 0 spiro atoms. The lowest BCUT2D eigenvalue weighted by Crippen LogP contribution is -2.22. The number of hydrogen-bond acceptors (Lipinski definition) is 4. The average Bonchev–Trinajstić information content (AvgIpc) is 2.85. The first-order chi connectivity index (χ1) is 9.60. The van der Waals surface area contributed by atoms with Gasteiger partial charge in [0.2, 0.25) is 0 Å². The molecule has 106 valence electrons. The number of nitro groups is 1. The highest BCUT2D eigenvalue weighted by Crippen LogP contribution is 2.24. The molecule has 1 atom stereocenters. The summed E-state index contributed by atoms with van der Waals surface area (Å²) in [7, 11) is 0. The maximum atomic E-state index is 10.6. The first-order valence-corrected chi connectivity index (χ1v) is 7.11. The van der Waals surface area contributed by atoms with E-state index in [9.17, 15) is 10.1 Å². The van der Waals surface area contributed by atoms with Crippen molar-refractivity contribution < 1.29 is 9.34 Å². The highest BCUT2D eigenvalue weighted by atomic mass is 79.9. The van der Waals surface area contributed by atoms with Gasteiger partial charge in [0.05, 0.1) is 11.0 Å². The van der Waals surface area contributed by atoms with Crippen molar-refractivity contribution in [3.8, 4) is 0 Å². The molecule has 0 bridgehead atoms. The first-order valence-electron chi connectivity index (χ1n) is 6.32. The first kappa shape index (κ1) is 14.7. The number of nitro benzene ring substituents is 1. The number of furan rings is 1. The number of halogens is 1. The minimum atomic E-state index is -0.394. The zero-order valence-corrected chi connectivity index (χ0v) is 12.6. The van der Waals surface area contributed by atoms with Crippen LogP contribution in [0.2, 0.25) is 0 Å². The maximum Gasteiger partial charge on any atom is 0.269 e. The summed E-state index contributed by atoms with van der Waals surface area (Å²) in [5, 5.41) is 14.0. The Morgan fingerprint density at radius 3 is 2.50 bits per heavy atom. The summed E-state index contributed by atoms with van der Waals surface area (Å²) in [6.07, 6.45) is 0.714. The van der Waals surface area contributed by atoms with Gasteiger partial charge < -0.3 is 9.73 Å². The zero-order chi connectivity index (χ0) is 14.5. The van der Waals surface area contributed by atoms with E-state index >= 15 is 0 Å². The summed E-state index contributed by atoms with van der Waals surface area (Å²) >= 11 is 3.29. The van der Waals surface area contributed by atoms with E-state index in [1.54, 1.807) is 12.1 Å². The largest absolute Gasteiger partial charge is 0.453 e. The topological polar surface area (TPSA) is 68.3 Å². The molecule has 0 fully saturated rings. The minimum Gasteiger partial charge on any atom is -0.453 e. The fourth-order valence-corrected chi connectivity index (χ4v) is 2.34. The molecule has 0 aliphatic heterocycles. The highest BCUT2D eigenvalue weighted by molar-refractivity contribution is 9.10. The molecular weight excluding hydrogens is 324 g/mol. The predicted molar refractivity (Wildman–Crippen MR) is 79.6 cm³/mol.